The van der Waals surface area contributed by atoms with Crippen molar-refractivity contribution in [1.82, 2.24) is 15.2 Å². The molecule has 0 aromatic carbocycles. The van der Waals surface area contributed by atoms with Crippen molar-refractivity contribution in [3.8, 4) is 5.88 Å². The first kappa shape index (κ1) is 16.5. The van der Waals surface area contributed by atoms with Gasteiger partial charge >= 0.3 is 6.03 Å². The maximum Gasteiger partial charge on any atom is 0.317 e. The summed E-state index contributed by atoms with van der Waals surface area (Å²) in [6, 6.07) is 3.69. The highest BCUT2D eigenvalue weighted by atomic mass is 16.5. The lowest BCUT2D eigenvalue weighted by Gasteiger charge is -2.35. The molecule has 1 fully saturated rings. The van der Waals surface area contributed by atoms with Crippen LogP contribution in [0.5, 0.6) is 5.88 Å². The molecule has 1 saturated heterocycles. The monoisotopic (exact) mass is 307 g/mol. The van der Waals surface area contributed by atoms with Crippen LogP contribution in [-0.2, 0) is 11.3 Å². The minimum absolute atomic E-state index is 0.0618. The Bertz CT molecular complexity index is 468. The summed E-state index contributed by atoms with van der Waals surface area (Å²) < 4.78 is 11.1. The molecule has 0 spiro atoms. The predicted octanol–water partition coefficient (Wildman–Crippen LogP) is 2.19. The normalized spacial score (nSPS) is 21.5. The summed E-state index contributed by atoms with van der Waals surface area (Å²) in [5.74, 6) is 0.618. The summed E-state index contributed by atoms with van der Waals surface area (Å²) in [5, 5.41) is 2.92. The van der Waals surface area contributed by atoms with Gasteiger partial charge in [-0.15, -0.1) is 0 Å². The molecule has 2 heterocycles. The molecule has 22 heavy (non-hydrogen) atoms. The largest absolute Gasteiger partial charge is 0.478 e. The van der Waals surface area contributed by atoms with E-state index in [1.54, 1.807) is 11.1 Å². The van der Waals surface area contributed by atoms with Gasteiger partial charge in [-0.05, 0) is 25.8 Å². The number of carbonyl (C=O) groups excluding carboxylic acids is 1. The van der Waals surface area contributed by atoms with Gasteiger partial charge in [0.2, 0.25) is 5.88 Å². The smallest absolute Gasteiger partial charge is 0.317 e. The first-order chi connectivity index (χ1) is 10.6. The van der Waals surface area contributed by atoms with Crippen molar-refractivity contribution in [2.75, 3.05) is 19.7 Å². The first-order valence-electron chi connectivity index (χ1n) is 7.84. The highest BCUT2D eigenvalue weighted by Crippen LogP contribution is 2.11. The topological polar surface area (TPSA) is 63.7 Å². The summed E-state index contributed by atoms with van der Waals surface area (Å²) >= 11 is 0. The summed E-state index contributed by atoms with van der Waals surface area (Å²) in [6.45, 7) is 8.38. The number of nitrogens with one attached hydrogen (secondary N) is 1. The van der Waals surface area contributed by atoms with Crippen molar-refractivity contribution >= 4 is 6.03 Å². The third-order valence-corrected chi connectivity index (χ3v) is 3.40. The Kier molecular flexibility index (Phi) is 6.00. The van der Waals surface area contributed by atoms with Gasteiger partial charge in [-0.25, -0.2) is 9.78 Å². The summed E-state index contributed by atoms with van der Waals surface area (Å²) in [6.07, 6.45) is 2.84. The summed E-state index contributed by atoms with van der Waals surface area (Å²) in [7, 11) is 0. The molecule has 0 bridgehead atoms. The van der Waals surface area contributed by atoms with Crippen molar-refractivity contribution in [1.29, 1.82) is 0 Å². The third kappa shape index (κ3) is 4.87. The second-order valence-corrected chi connectivity index (χ2v) is 5.67. The molecule has 2 atom stereocenters. The van der Waals surface area contributed by atoms with Crippen LogP contribution in [0.1, 0.15) is 32.8 Å². The molecule has 0 aliphatic carbocycles. The van der Waals surface area contributed by atoms with Gasteiger partial charge in [0.05, 0.1) is 18.8 Å². The van der Waals surface area contributed by atoms with E-state index in [1.165, 1.54) is 0 Å². The van der Waals surface area contributed by atoms with E-state index in [9.17, 15) is 4.79 Å². The summed E-state index contributed by atoms with van der Waals surface area (Å²) in [4.78, 5) is 18.2. The molecule has 0 radical (unpaired) electrons. The fourth-order valence-corrected chi connectivity index (χ4v) is 2.44. The number of aromatic nitrogens is 1. The molecule has 6 heteroatoms. The number of rotatable bonds is 5. The predicted molar refractivity (Wildman–Crippen MR) is 83.8 cm³/mol. The summed E-state index contributed by atoms with van der Waals surface area (Å²) in [5.41, 5.74) is 0.951. The average molecular weight is 307 g/mol. The number of morpholine rings is 1. The van der Waals surface area contributed by atoms with E-state index >= 15 is 0 Å². The standard InChI is InChI=1S/C16H25N3O3/c1-4-7-21-15-6-5-14(8-17-15)9-18-16(20)19-10-12(2)22-13(3)11-19/h5-6,8,12-13H,4,7,9-11H2,1-3H3,(H,18,20). The molecule has 1 aliphatic heterocycles. The maximum atomic E-state index is 12.2. The maximum absolute atomic E-state index is 12.2. The number of nitrogens with zero attached hydrogens (tertiary/aromatic N) is 2. The second-order valence-electron chi connectivity index (χ2n) is 5.67. The lowest BCUT2D eigenvalue weighted by molar-refractivity contribution is -0.0545. The quantitative estimate of drug-likeness (QED) is 0.905. The van der Waals surface area contributed by atoms with Crippen LogP contribution in [0.15, 0.2) is 18.3 Å². The van der Waals surface area contributed by atoms with Crippen LogP contribution in [-0.4, -0.2) is 47.8 Å². The van der Waals surface area contributed by atoms with Gasteiger partial charge < -0.3 is 19.7 Å². The van der Waals surface area contributed by atoms with Crippen LogP contribution >= 0.6 is 0 Å². The average Bonchev–Trinajstić information content (AvgIpc) is 2.50. The second kappa shape index (κ2) is 7.98. The van der Waals surface area contributed by atoms with E-state index < -0.39 is 0 Å². The van der Waals surface area contributed by atoms with E-state index in [4.69, 9.17) is 9.47 Å². The van der Waals surface area contributed by atoms with Crippen molar-refractivity contribution < 1.29 is 14.3 Å². The number of amides is 2. The van der Waals surface area contributed by atoms with Gasteiger partial charge in [0.1, 0.15) is 0 Å². The molecule has 0 saturated carbocycles. The van der Waals surface area contributed by atoms with Crippen LogP contribution in [0, 0.1) is 0 Å². The zero-order valence-electron chi connectivity index (χ0n) is 13.5. The zero-order valence-corrected chi connectivity index (χ0v) is 13.5. The molecule has 1 aliphatic rings. The molecule has 1 N–H and O–H groups in total. The lowest BCUT2D eigenvalue weighted by atomic mass is 10.2. The molecule has 2 rings (SSSR count). The fourth-order valence-electron chi connectivity index (χ4n) is 2.44. The lowest BCUT2D eigenvalue weighted by Crippen LogP contribution is -2.51. The van der Waals surface area contributed by atoms with Gasteiger partial charge in [-0.3, -0.25) is 0 Å². The number of hydrogen-bond donors (Lipinski definition) is 1. The minimum atomic E-state index is -0.0618. The van der Waals surface area contributed by atoms with E-state index in [0.717, 1.165) is 12.0 Å². The van der Waals surface area contributed by atoms with Crippen LogP contribution < -0.4 is 10.1 Å². The number of pyridine rings is 1. The minimum Gasteiger partial charge on any atom is -0.478 e. The molecular weight excluding hydrogens is 282 g/mol. The molecule has 2 amide bonds. The highest BCUT2D eigenvalue weighted by Gasteiger charge is 2.25. The molecule has 2 unspecified atom stereocenters. The Morgan fingerprint density at radius 2 is 2.14 bits per heavy atom. The van der Waals surface area contributed by atoms with Crippen LogP contribution in [0.2, 0.25) is 0 Å². The first-order valence-corrected chi connectivity index (χ1v) is 7.84. The van der Waals surface area contributed by atoms with Gasteiger partial charge in [-0.1, -0.05) is 13.0 Å². The van der Waals surface area contributed by atoms with Gasteiger partial charge in [0.25, 0.3) is 0 Å². The van der Waals surface area contributed by atoms with Gasteiger partial charge in [-0.2, -0.15) is 0 Å². The van der Waals surface area contributed by atoms with Gasteiger partial charge in [0.15, 0.2) is 0 Å². The van der Waals surface area contributed by atoms with E-state index in [2.05, 4.69) is 17.2 Å². The number of urea groups is 1. The van der Waals surface area contributed by atoms with Crippen molar-refractivity contribution in [3.63, 3.8) is 0 Å². The third-order valence-electron chi connectivity index (χ3n) is 3.40. The Morgan fingerprint density at radius 1 is 1.41 bits per heavy atom. The SMILES string of the molecule is CCCOc1ccc(CNC(=O)N2CC(C)OC(C)C2)cn1. The van der Waals surface area contributed by atoms with Gasteiger partial charge in [0, 0.05) is 31.9 Å². The molecule has 122 valence electrons. The van der Waals surface area contributed by atoms with Crippen molar-refractivity contribution in [2.45, 2.75) is 45.9 Å². The highest BCUT2D eigenvalue weighted by molar-refractivity contribution is 5.74. The van der Waals surface area contributed by atoms with Crippen molar-refractivity contribution in [3.05, 3.63) is 23.9 Å². The zero-order chi connectivity index (χ0) is 15.9. The van der Waals surface area contributed by atoms with Crippen molar-refractivity contribution in [2.24, 2.45) is 0 Å². The number of ether oxygens (including phenoxy) is 2. The number of carbonyl (C=O) groups is 1. The Balaban J connectivity index is 1.80. The molecular formula is C16H25N3O3. The van der Waals surface area contributed by atoms with E-state index in [-0.39, 0.29) is 18.2 Å². The fraction of sp³-hybridized carbons (Fsp3) is 0.625. The Labute approximate surface area is 131 Å². The van der Waals surface area contributed by atoms with Crippen LogP contribution in [0.3, 0.4) is 0 Å². The Morgan fingerprint density at radius 3 is 2.73 bits per heavy atom. The van der Waals surface area contributed by atoms with E-state index in [1.807, 2.05) is 26.0 Å². The molecule has 1 aromatic heterocycles. The van der Waals surface area contributed by atoms with Crippen LogP contribution in [0.4, 0.5) is 4.79 Å². The molecule has 6 nitrogen and oxygen atoms in total. The van der Waals surface area contributed by atoms with E-state index in [0.29, 0.717) is 32.1 Å². The molecule has 1 aromatic rings. The van der Waals surface area contributed by atoms with Crippen LogP contribution in [0.25, 0.3) is 0 Å². The number of hydrogen-bond acceptors (Lipinski definition) is 4. The Hall–Kier alpha value is -1.82.